The SMILES string of the molecule is N=C(C(=O)C=CNc1ccccc1)C(C=CN)=Nc1cccc2ccccc12. The van der Waals surface area contributed by atoms with E-state index < -0.39 is 5.78 Å². The molecule has 0 spiro atoms. The lowest BCUT2D eigenvalue weighted by Crippen LogP contribution is -2.20. The summed E-state index contributed by atoms with van der Waals surface area (Å²) in [5, 5.41) is 13.2. The Morgan fingerprint density at radius 3 is 2.43 bits per heavy atom. The fourth-order valence-corrected chi connectivity index (χ4v) is 2.66. The van der Waals surface area contributed by atoms with Crippen molar-refractivity contribution in [3.63, 3.8) is 0 Å². The van der Waals surface area contributed by atoms with Gasteiger partial charge in [0.25, 0.3) is 0 Å². The molecule has 0 saturated heterocycles. The Balaban J connectivity index is 1.83. The van der Waals surface area contributed by atoms with Crippen molar-refractivity contribution in [2.24, 2.45) is 10.7 Å². The first-order valence-corrected chi connectivity index (χ1v) is 8.75. The van der Waals surface area contributed by atoms with Crippen LogP contribution < -0.4 is 11.1 Å². The van der Waals surface area contributed by atoms with Gasteiger partial charge in [-0.3, -0.25) is 10.2 Å². The smallest absolute Gasteiger partial charge is 0.207 e. The average Bonchev–Trinajstić information content (AvgIpc) is 2.74. The predicted octanol–water partition coefficient (Wildman–Crippen LogP) is 4.60. The molecule has 0 radical (unpaired) electrons. The van der Waals surface area contributed by atoms with Gasteiger partial charge in [0, 0.05) is 23.3 Å². The van der Waals surface area contributed by atoms with Gasteiger partial charge in [0.1, 0.15) is 5.71 Å². The van der Waals surface area contributed by atoms with E-state index in [0.29, 0.717) is 5.69 Å². The Bertz CT molecular complexity index is 1080. The highest BCUT2D eigenvalue weighted by atomic mass is 16.1. The van der Waals surface area contributed by atoms with Gasteiger partial charge < -0.3 is 11.1 Å². The molecule has 3 aromatic carbocycles. The van der Waals surface area contributed by atoms with E-state index in [1.807, 2.05) is 72.8 Å². The number of allylic oxidation sites excluding steroid dienone is 2. The highest BCUT2D eigenvalue weighted by Gasteiger charge is 2.12. The number of nitrogens with zero attached hydrogens (tertiary/aromatic N) is 1. The van der Waals surface area contributed by atoms with Crippen molar-refractivity contribution in [3.8, 4) is 0 Å². The van der Waals surface area contributed by atoms with Crippen molar-refractivity contribution in [3.05, 3.63) is 97.3 Å². The predicted molar refractivity (Wildman–Crippen MR) is 116 cm³/mol. The maximum atomic E-state index is 12.4. The zero-order valence-electron chi connectivity index (χ0n) is 15.2. The van der Waals surface area contributed by atoms with Gasteiger partial charge in [-0.05, 0) is 35.9 Å². The molecule has 0 saturated carbocycles. The van der Waals surface area contributed by atoms with Crippen LogP contribution in [0.15, 0.2) is 102 Å². The van der Waals surface area contributed by atoms with E-state index in [1.165, 1.54) is 24.6 Å². The van der Waals surface area contributed by atoms with Gasteiger partial charge in [-0.15, -0.1) is 0 Å². The molecular formula is C23H20N4O. The van der Waals surface area contributed by atoms with Crippen LogP contribution in [-0.2, 0) is 4.79 Å². The zero-order chi connectivity index (χ0) is 19.8. The molecule has 0 heterocycles. The zero-order valence-corrected chi connectivity index (χ0v) is 15.2. The number of rotatable bonds is 7. The van der Waals surface area contributed by atoms with Gasteiger partial charge >= 0.3 is 0 Å². The Kier molecular flexibility index (Phi) is 6.10. The maximum Gasteiger partial charge on any atom is 0.207 e. The van der Waals surface area contributed by atoms with Crippen LogP contribution in [0.1, 0.15) is 0 Å². The van der Waals surface area contributed by atoms with Crippen molar-refractivity contribution < 1.29 is 4.79 Å². The quantitative estimate of drug-likeness (QED) is 0.420. The second kappa shape index (κ2) is 9.09. The number of benzene rings is 3. The number of anilines is 1. The van der Waals surface area contributed by atoms with Crippen LogP contribution in [0.2, 0.25) is 0 Å². The third-order valence-corrected chi connectivity index (χ3v) is 4.02. The van der Waals surface area contributed by atoms with Gasteiger partial charge in [-0.1, -0.05) is 54.6 Å². The number of ketones is 1. The second-order valence-electron chi connectivity index (χ2n) is 5.94. The first-order chi connectivity index (χ1) is 13.7. The summed E-state index contributed by atoms with van der Waals surface area (Å²) in [4.78, 5) is 16.9. The Labute approximate surface area is 163 Å². The minimum Gasteiger partial charge on any atom is -0.405 e. The normalized spacial score (nSPS) is 11.9. The van der Waals surface area contributed by atoms with Gasteiger partial charge in [-0.25, -0.2) is 4.99 Å². The van der Waals surface area contributed by atoms with E-state index in [2.05, 4.69) is 10.3 Å². The minimum absolute atomic E-state index is 0.202. The molecular weight excluding hydrogens is 348 g/mol. The molecule has 5 heteroatoms. The Hall–Kier alpha value is -3.99. The van der Waals surface area contributed by atoms with Crippen LogP contribution in [-0.4, -0.2) is 17.2 Å². The number of para-hydroxylation sites is 1. The van der Waals surface area contributed by atoms with E-state index in [-0.39, 0.29) is 11.4 Å². The summed E-state index contributed by atoms with van der Waals surface area (Å²) in [6.07, 6.45) is 5.55. The fraction of sp³-hybridized carbons (Fsp3) is 0. The van der Waals surface area contributed by atoms with E-state index in [1.54, 1.807) is 0 Å². The number of fused-ring (bicyclic) bond motifs is 1. The summed E-state index contributed by atoms with van der Waals surface area (Å²) in [7, 11) is 0. The molecule has 0 bridgehead atoms. The van der Waals surface area contributed by atoms with Crippen molar-refractivity contribution in [1.82, 2.24) is 0 Å². The summed E-state index contributed by atoms with van der Waals surface area (Å²) >= 11 is 0. The first kappa shape index (κ1) is 18.8. The molecule has 3 rings (SSSR count). The molecule has 0 aliphatic rings. The van der Waals surface area contributed by atoms with Crippen LogP contribution in [0.25, 0.3) is 10.8 Å². The summed E-state index contributed by atoms with van der Waals surface area (Å²) in [6.45, 7) is 0. The minimum atomic E-state index is -0.472. The number of hydrogen-bond acceptors (Lipinski definition) is 5. The molecule has 5 nitrogen and oxygen atoms in total. The Morgan fingerprint density at radius 2 is 1.64 bits per heavy atom. The molecule has 3 aromatic rings. The number of hydrogen-bond donors (Lipinski definition) is 3. The van der Waals surface area contributed by atoms with Crippen LogP contribution in [0, 0.1) is 5.41 Å². The molecule has 0 aliphatic carbocycles. The third-order valence-electron chi connectivity index (χ3n) is 4.02. The van der Waals surface area contributed by atoms with Gasteiger partial charge in [-0.2, -0.15) is 0 Å². The van der Waals surface area contributed by atoms with E-state index in [0.717, 1.165) is 16.5 Å². The molecule has 138 valence electrons. The topological polar surface area (TPSA) is 91.3 Å². The molecule has 0 unspecified atom stereocenters. The van der Waals surface area contributed by atoms with Gasteiger partial charge in [0.15, 0.2) is 0 Å². The molecule has 0 aromatic heterocycles. The molecule has 0 fully saturated rings. The van der Waals surface area contributed by atoms with E-state index in [9.17, 15) is 4.79 Å². The number of carbonyl (C=O) groups excluding carboxylic acids is 1. The Morgan fingerprint density at radius 1 is 0.929 bits per heavy atom. The maximum absolute atomic E-state index is 12.4. The molecule has 4 N–H and O–H groups in total. The molecule has 0 amide bonds. The van der Waals surface area contributed by atoms with Crippen molar-refractivity contribution in [2.75, 3.05) is 5.32 Å². The lowest BCUT2D eigenvalue weighted by Gasteiger charge is -2.05. The second-order valence-corrected chi connectivity index (χ2v) is 5.94. The lowest BCUT2D eigenvalue weighted by atomic mass is 10.1. The summed E-state index contributed by atoms with van der Waals surface area (Å²) in [6, 6.07) is 23.0. The van der Waals surface area contributed by atoms with Crippen molar-refractivity contribution in [2.45, 2.75) is 0 Å². The molecule has 0 aliphatic heterocycles. The van der Waals surface area contributed by atoms with Crippen LogP contribution in [0.4, 0.5) is 11.4 Å². The van der Waals surface area contributed by atoms with Crippen LogP contribution >= 0.6 is 0 Å². The number of aliphatic imine (C=N–C) groups is 1. The van der Waals surface area contributed by atoms with E-state index in [4.69, 9.17) is 11.1 Å². The van der Waals surface area contributed by atoms with Crippen LogP contribution in [0.3, 0.4) is 0 Å². The first-order valence-electron chi connectivity index (χ1n) is 8.75. The van der Waals surface area contributed by atoms with Gasteiger partial charge in [0.2, 0.25) is 5.78 Å². The summed E-state index contributed by atoms with van der Waals surface area (Å²) < 4.78 is 0. The van der Waals surface area contributed by atoms with Crippen molar-refractivity contribution in [1.29, 1.82) is 5.41 Å². The van der Waals surface area contributed by atoms with Crippen LogP contribution in [0.5, 0.6) is 0 Å². The standard InChI is InChI=1S/C23H20N4O/c24-15-13-21(27-20-12-6-8-17-7-4-5-11-19(17)20)23(25)22(28)14-16-26-18-9-2-1-3-10-18/h1-16,25-26H,24H2. The molecule has 0 atom stereocenters. The van der Waals surface area contributed by atoms with E-state index >= 15 is 0 Å². The number of nitrogens with one attached hydrogen (secondary N) is 2. The number of carbonyl (C=O) groups is 1. The monoisotopic (exact) mass is 368 g/mol. The lowest BCUT2D eigenvalue weighted by molar-refractivity contribution is -0.108. The van der Waals surface area contributed by atoms with Crippen molar-refractivity contribution >= 4 is 39.4 Å². The summed E-state index contributed by atoms with van der Waals surface area (Å²) in [5.74, 6) is -0.472. The largest absolute Gasteiger partial charge is 0.405 e. The third kappa shape index (κ3) is 4.59. The fourth-order valence-electron chi connectivity index (χ4n) is 2.66. The highest BCUT2D eigenvalue weighted by molar-refractivity contribution is 6.70. The van der Waals surface area contributed by atoms with Gasteiger partial charge in [0.05, 0.1) is 11.4 Å². The average molecular weight is 368 g/mol. The number of nitrogens with two attached hydrogens (primary N) is 1. The highest BCUT2D eigenvalue weighted by Crippen LogP contribution is 2.26. The summed E-state index contributed by atoms with van der Waals surface area (Å²) in [5.41, 5.74) is 7.00. The molecule has 28 heavy (non-hydrogen) atoms.